The van der Waals surface area contributed by atoms with Crippen LogP contribution in [-0.4, -0.2) is 35.3 Å². The van der Waals surface area contributed by atoms with Crippen LogP contribution in [0.15, 0.2) is 6.20 Å². The van der Waals surface area contributed by atoms with E-state index in [1.54, 1.807) is 6.20 Å². The molecule has 1 aromatic rings. The average Bonchev–Trinajstić information content (AvgIpc) is 2.64. The SMILES string of the molecule is CCCCC(N)c1c(Cl)cnn1CCN(C)C. The highest BCUT2D eigenvalue weighted by atomic mass is 35.5. The first-order valence-electron chi connectivity index (χ1n) is 6.17. The van der Waals surface area contributed by atoms with Gasteiger partial charge in [0.25, 0.3) is 0 Å². The second-order valence-electron chi connectivity index (χ2n) is 4.65. The summed E-state index contributed by atoms with van der Waals surface area (Å²) < 4.78 is 1.93. The van der Waals surface area contributed by atoms with Gasteiger partial charge in [0.15, 0.2) is 0 Å². The van der Waals surface area contributed by atoms with Crippen molar-refractivity contribution in [2.45, 2.75) is 38.8 Å². The Bertz CT molecular complexity index is 335. The smallest absolute Gasteiger partial charge is 0.0834 e. The second kappa shape index (κ2) is 6.99. The van der Waals surface area contributed by atoms with Crippen LogP contribution in [0.1, 0.15) is 37.9 Å². The number of nitrogens with two attached hydrogens (primary N) is 1. The van der Waals surface area contributed by atoms with Crippen LogP contribution < -0.4 is 5.73 Å². The van der Waals surface area contributed by atoms with Crippen molar-refractivity contribution in [2.24, 2.45) is 5.73 Å². The van der Waals surface area contributed by atoms with Crippen molar-refractivity contribution < 1.29 is 0 Å². The lowest BCUT2D eigenvalue weighted by atomic mass is 10.1. The molecule has 1 unspecified atom stereocenters. The highest BCUT2D eigenvalue weighted by Gasteiger charge is 2.16. The van der Waals surface area contributed by atoms with Crippen LogP contribution in [-0.2, 0) is 6.54 Å². The number of hydrogen-bond acceptors (Lipinski definition) is 3. The third-order valence-electron chi connectivity index (χ3n) is 2.81. The molecule has 98 valence electrons. The molecular weight excluding hydrogens is 236 g/mol. The van der Waals surface area contributed by atoms with Gasteiger partial charge in [0, 0.05) is 12.6 Å². The van der Waals surface area contributed by atoms with Crippen LogP contribution in [0.5, 0.6) is 0 Å². The van der Waals surface area contributed by atoms with Gasteiger partial charge in [-0.25, -0.2) is 0 Å². The maximum atomic E-state index is 6.17. The zero-order valence-electron chi connectivity index (χ0n) is 11.0. The Morgan fingerprint density at radius 3 is 2.82 bits per heavy atom. The third-order valence-corrected chi connectivity index (χ3v) is 3.10. The number of halogens is 1. The summed E-state index contributed by atoms with van der Waals surface area (Å²) in [6, 6.07) is -0.00730. The van der Waals surface area contributed by atoms with E-state index in [-0.39, 0.29) is 6.04 Å². The van der Waals surface area contributed by atoms with Crippen LogP contribution in [0.25, 0.3) is 0 Å². The third kappa shape index (κ3) is 4.30. The minimum atomic E-state index is -0.00730. The summed E-state index contributed by atoms with van der Waals surface area (Å²) in [7, 11) is 4.09. The van der Waals surface area contributed by atoms with Gasteiger partial charge in [0.05, 0.1) is 23.5 Å². The maximum absolute atomic E-state index is 6.17. The highest BCUT2D eigenvalue weighted by molar-refractivity contribution is 6.31. The Balaban J connectivity index is 2.71. The van der Waals surface area contributed by atoms with Gasteiger partial charge in [-0.2, -0.15) is 5.10 Å². The van der Waals surface area contributed by atoms with Gasteiger partial charge >= 0.3 is 0 Å². The maximum Gasteiger partial charge on any atom is 0.0834 e. The van der Waals surface area contributed by atoms with Crippen molar-refractivity contribution in [3.63, 3.8) is 0 Å². The largest absolute Gasteiger partial charge is 0.323 e. The van der Waals surface area contributed by atoms with Gasteiger partial charge in [-0.15, -0.1) is 0 Å². The topological polar surface area (TPSA) is 47.1 Å². The van der Waals surface area contributed by atoms with Crippen molar-refractivity contribution in [1.82, 2.24) is 14.7 Å². The molecule has 1 rings (SSSR count). The first-order valence-corrected chi connectivity index (χ1v) is 6.55. The van der Waals surface area contributed by atoms with E-state index in [2.05, 4.69) is 16.9 Å². The summed E-state index contributed by atoms with van der Waals surface area (Å²) in [5.41, 5.74) is 7.15. The van der Waals surface area contributed by atoms with Crippen LogP contribution in [0.3, 0.4) is 0 Å². The lowest BCUT2D eigenvalue weighted by molar-refractivity contribution is 0.365. The molecule has 0 radical (unpaired) electrons. The molecule has 0 aromatic carbocycles. The van der Waals surface area contributed by atoms with Crippen LogP contribution in [0.2, 0.25) is 5.02 Å². The van der Waals surface area contributed by atoms with E-state index >= 15 is 0 Å². The molecule has 0 aliphatic heterocycles. The van der Waals surface area contributed by atoms with Crippen molar-refractivity contribution in [2.75, 3.05) is 20.6 Å². The molecule has 2 N–H and O–H groups in total. The van der Waals surface area contributed by atoms with E-state index in [1.807, 2.05) is 18.8 Å². The Morgan fingerprint density at radius 1 is 1.53 bits per heavy atom. The molecule has 0 saturated heterocycles. The van der Waals surface area contributed by atoms with Gasteiger partial charge < -0.3 is 10.6 Å². The predicted molar refractivity (Wildman–Crippen MR) is 72.2 cm³/mol. The molecule has 5 heteroatoms. The Labute approximate surface area is 109 Å². The summed E-state index contributed by atoms with van der Waals surface area (Å²) in [6.45, 7) is 3.93. The van der Waals surface area contributed by atoms with Gasteiger partial charge in [0.2, 0.25) is 0 Å². The molecular formula is C12H23ClN4. The normalized spacial score (nSPS) is 13.3. The predicted octanol–water partition coefficient (Wildman–Crippen LogP) is 2.29. The summed E-state index contributed by atoms with van der Waals surface area (Å²) in [4.78, 5) is 2.12. The minimum absolute atomic E-state index is 0.00730. The Kier molecular flexibility index (Phi) is 5.95. The van der Waals surface area contributed by atoms with Crippen LogP contribution >= 0.6 is 11.6 Å². The monoisotopic (exact) mass is 258 g/mol. The quantitative estimate of drug-likeness (QED) is 0.816. The van der Waals surface area contributed by atoms with Gasteiger partial charge in [-0.3, -0.25) is 4.68 Å². The van der Waals surface area contributed by atoms with Gasteiger partial charge in [-0.05, 0) is 20.5 Å². The van der Waals surface area contributed by atoms with Gasteiger partial charge in [0.1, 0.15) is 0 Å². The molecule has 4 nitrogen and oxygen atoms in total. The molecule has 0 aliphatic rings. The first-order chi connectivity index (χ1) is 8.06. The van der Waals surface area contributed by atoms with Crippen LogP contribution in [0, 0.1) is 0 Å². The molecule has 1 aromatic heterocycles. The number of unbranched alkanes of at least 4 members (excludes halogenated alkanes) is 1. The summed E-state index contributed by atoms with van der Waals surface area (Å²) in [5.74, 6) is 0. The summed E-state index contributed by atoms with van der Waals surface area (Å²) in [5, 5.41) is 4.98. The summed E-state index contributed by atoms with van der Waals surface area (Å²) in [6.07, 6.45) is 4.93. The highest BCUT2D eigenvalue weighted by Crippen LogP contribution is 2.24. The number of nitrogens with zero attached hydrogens (tertiary/aromatic N) is 3. The van der Waals surface area contributed by atoms with Crippen molar-refractivity contribution in [1.29, 1.82) is 0 Å². The molecule has 1 atom stereocenters. The molecule has 0 amide bonds. The van der Waals surface area contributed by atoms with E-state index in [4.69, 9.17) is 17.3 Å². The fraction of sp³-hybridized carbons (Fsp3) is 0.750. The fourth-order valence-electron chi connectivity index (χ4n) is 1.77. The van der Waals surface area contributed by atoms with E-state index < -0.39 is 0 Å². The van der Waals surface area contributed by atoms with E-state index in [0.717, 1.165) is 38.0 Å². The van der Waals surface area contributed by atoms with Gasteiger partial charge in [-0.1, -0.05) is 31.4 Å². The molecule has 0 fully saturated rings. The zero-order valence-corrected chi connectivity index (χ0v) is 11.7. The zero-order chi connectivity index (χ0) is 12.8. The second-order valence-corrected chi connectivity index (χ2v) is 5.06. The van der Waals surface area contributed by atoms with E-state index in [0.29, 0.717) is 5.02 Å². The average molecular weight is 259 g/mol. The molecule has 0 spiro atoms. The molecule has 0 saturated carbocycles. The first kappa shape index (κ1) is 14.5. The number of aromatic nitrogens is 2. The number of likely N-dealkylation sites (N-methyl/N-ethyl adjacent to an activating group) is 1. The van der Waals surface area contributed by atoms with Crippen molar-refractivity contribution >= 4 is 11.6 Å². The fourth-order valence-corrected chi connectivity index (χ4v) is 2.06. The van der Waals surface area contributed by atoms with E-state index in [1.165, 1.54) is 0 Å². The van der Waals surface area contributed by atoms with Crippen LogP contribution in [0.4, 0.5) is 0 Å². The Morgan fingerprint density at radius 2 is 2.24 bits per heavy atom. The molecule has 17 heavy (non-hydrogen) atoms. The summed E-state index contributed by atoms with van der Waals surface area (Å²) >= 11 is 6.16. The number of rotatable bonds is 7. The van der Waals surface area contributed by atoms with Crippen molar-refractivity contribution in [3.05, 3.63) is 16.9 Å². The van der Waals surface area contributed by atoms with Crippen molar-refractivity contribution in [3.8, 4) is 0 Å². The molecule has 0 bridgehead atoms. The lowest BCUT2D eigenvalue weighted by Crippen LogP contribution is -2.23. The minimum Gasteiger partial charge on any atom is -0.323 e. The molecule has 1 heterocycles. The molecule has 0 aliphatic carbocycles. The lowest BCUT2D eigenvalue weighted by Gasteiger charge is -2.16. The Hall–Kier alpha value is -0.580. The number of hydrogen-bond donors (Lipinski definition) is 1. The van der Waals surface area contributed by atoms with E-state index in [9.17, 15) is 0 Å². The standard InChI is InChI=1S/C12H23ClN4/c1-4-5-6-11(14)12-10(13)9-15-17(12)8-7-16(2)3/h9,11H,4-8,14H2,1-3H3.